The van der Waals surface area contributed by atoms with E-state index < -0.39 is 12.0 Å². The van der Waals surface area contributed by atoms with Crippen LogP contribution in [-0.4, -0.2) is 40.8 Å². The molecule has 0 aliphatic carbocycles. The van der Waals surface area contributed by atoms with E-state index in [0.29, 0.717) is 15.7 Å². The van der Waals surface area contributed by atoms with Gasteiger partial charge in [0.1, 0.15) is 39.9 Å². The number of fused-ring (bicyclic) bond motifs is 1. The molecule has 0 radical (unpaired) electrons. The van der Waals surface area contributed by atoms with Crippen molar-refractivity contribution < 1.29 is 14.3 Å². The largest absolute Gasteiger partial charge is 0.490 e. The summed E-state index contributed by atoms with van der Waals surface area (Å²) >= 11 is 7.57. The minimum absolute atomic E-state index is 0.191. The highest BCUT2D eigenvalue weighted by Gasteiger charge is 2.22. The molecule has 0 bridgehead atoms. The molecular formula is C30H41ClN4O3S. The molecule has 0 saturated carbocycles. The van der Waals surface area contributed by atoms with Crippen LogP contribution < -0.4 is 20.5 Å². The number of amides is 1. The van der Waals surface area contributed by atoms with Gasteiger partial charge in [-0.3, -0.25) is 9.36 Å². The quantitative estimate of drug-likeness (QED) is 0.261. The number of nitrogens with two attached hydrogens (primary N) is 1. The summed E-state index contributed by atoms with van der Waals surface area (Å²) in [5.41, 5.74) is 8.14. The van der Waals surface area contributed by atoms with Crippen molar-refractivity contribution in [3.63, 3.8) is 0 Å². The van der Waals surface area contributed by atoms with Gasteiger partial charge in [-0.1, -0.05) is 64.1 Å². The summed E-state index contributed by atoms with van der Waals surface area (Å²) in [6, 6.07) is 7.67. The first-order valence-electron chi connectivity index (χ1n) is 13.5. The second-order valence-corrected chi connectivity index (χ2v) is 9.68. The fourth-order valence-corrected chi connectivity index (χ4v) is 5.19. The molecule has 39 heavy (non-hydrogen) atoms. The summed E-state index contributed by atoms with van der Waals surface area (Å²) in [5, 5.41) is 4.59. The first-order valence-corrected chi connectivity index (χ1v) is 14.7. The molecule has 3 heterocycles. The van der Waals surface area contributed by atoms with Crippen molar-refractivity contribution in [1.29, 1.82) is 0 Å². The van der Waals surface area contributed by atoms with Crippen LogP contribution in [0, 0.1) is 0 Å². The van der Waals surface area contributed by atoms with Crippen LogP contribution in [0.5, 0.6) is 11.5 Å². The van der Waals surface area contributed by atoms with E-state index in [1.807, 2.05) is 76.5 Å². The van der Waals surface area contributed by atoms with Crippen LogP contribution in [-0.2, 0) is 0 Å². The molecular weight excluding hydrogens is 532 g/mol. The topological polar surface area (TPSA) is 91.4 Å². The predicted molar refractivity (Wildman–Crippen MR) is 165 cm³/mol. The Balaban J connectivity index is 0.00000127. The number of rotatable bonds is 9. The molecule has 1 amide bonds. The number of piperidine rings is 1. The molecule has 1 aromatic carbocycles. The Morgan fingerprint density at radius 2 is 1.95 bits per heavy atom. The average Bonchev–Trinajstić information content (AvgIpc) is 3.58. The molecule has 1 atom stereocenters. The Labute approximate surface area is 241 Å². The first kappa shape index (κ1) is 32.1. The van der Waals surface area contributed by atoms with E-state index in [-0.39, 0.29) is 6.10 Å². The molecule has 7 nitrogen and oxygen atoms in total. The normalized spacial score (nSPS) is 14.9. The number of carbonyl (C=O) groups excluding carboxylic acids is 1. The van der Waals surface area contributed by atoms with Crippen LogP contribution in [0.4, 0.5) is 0 Å². The number of hydrogen-bond donors (Lipinski definition) is 2. The number of nitrogens with zero attached hydrogens (tertiary/aromatic N) is 2. The number of ether oxygens (including phenoxy) is 2. The molecule has 1 aliphatic rings. The minimum atomic E-state index is -0.561. The lowest BCUT2D eigenvalue weighted by atomic mass is 10.1. The van der Waals surface area contributed by atoms with Gasteiger partial charge in [0.05, 0.1) is 11.0 Å². The highest BCUT2D eigenvalue weighted by molar-refractivity contribution is 7.16. The molecule has 0 spiro atoms. The monoisotopic (exact) mass is 572 g/mol. The van der Waals surface area contributed by atoms with Crippen LogP contribution in [0.15, 0.2) is 66.0 Å². The standard InChI is InChI=1S/C26H29ClN4O3S.2C2H6/c1-4-6-19(20(27)5-2)16(3)33-23-14-24(35-25(23)26(28)32)31-15-30-21-8-7-18(13-22(21)31)34-17-9-11-29-12-10-17;2*1-2/h4-8,13-17,29H,2,9-12H2,1,3H3,(H2,28,32);2*1-2H3/b6-4-,20-19-;;. The zero-order valence-electron chi connectivity index (χ0n) is 23.8. The smallest absolute Gasteiger partial charge is 0.262 e. The number of carbonyl (C=O) groups is 1. The maximum absolute atomic E-state index is 12.2. The molecule has 1 unspecified atom stereocenters. The molecule has 1 fully saturated rings. The van der Waals surface area contributed by atoms with Gasteiger partial charge >= 0.3 is 0 Å². The fraction of sp³-hybridized carbons (Fsp3) is 0.400. The van der Waals surface area contributed by atoms with Gasteiger partial charge in [0.15, 0.2) is 0 Å². The molecule has 212 valence electrons. The van der Waals surface area contributed by atoms with Crippen molar-refractivity contribution in [3.8, 4) is 16.5 Å². The summed E-state index contributed by atoms with van der Waals surface area (Å²) in [6.07, 6.45) is 8.73. The third-order valence-corrected chi connectivity index (χ3v) is 7.30. The lowest BCUT2D eigenvalue weighted by molar-refractivity contribution is 0.0999. The van der Waals surface area contributed by atoms with Gasteiger partial charge in [0, 0.05) is 22.7 Å². The Morgan fingerprint density at radius 3 is 2.56 bits per heavy atom. The summed E-state index contributed by atoms with van der Waals surface area (Å²) in [5.74, 6) is 0.627. The highest BCUT2D eigenvalue weighted by atomic mass is 35.5. The Kier molecular flexibility index (Phi) is 13.3. The van der Waals surface area contributed by atoms with Crippen molar-refractivity contribution in [2.45, 2.75) is 66.6 Å². The minimum Gasteiger partial charge on any atom is -0.490 e. The van der Waals surface area contributed by atoms with E-state index in [1.165, 1.54) is 11.3 Å². The van der Waals surface area contributed by atoms with Gasteiger partial charge in [-0.15, -0.1) is 11.3 Å². The molecule has 4 rings (SSSR count). The van der Waals surface area contributed by atoms with Gasteiger partial charge in [0.2, 0.25) is 0 Å². The maximum Gasteiger partial charge on any atom is 0.262 e. The van der Waals surface area contributed by atoms with Crippen LogP contribution in [0.3, 0.4) is 0 Å². The molecule has 9 heteroatoms. The second-order valence-electron chi connectivity index (χ2n) is 8.24. The third kappa shape index (κ3) is 8.21. The highest BCUT2D eigenvalue weighted by Crippen LogP contribution is 2.36. The van der Waals surface area contributed by atoms with Crippen LogP contribution >= 0.6 is 22.9 Å². The molecule has 3 aromatic rings. The summed E-state index contributed by atoms with van der Waals surface area (Å²) in [7, 11) is 0. The summed E-state index contributed by atoms with van der Waals surface area (Å²) < 4.78 is 14.3. The fourth-order valence-electron chi connectivity index (χ4n) is 4.04. The number of primary amides is 1. The van der Waals surface area contributed by atoms with Gasteiger partial charge in [-0.25, -0.2) is 4.98 Å². The maximum atomic E-state index is 12.2. The first-order chi connectivity index (χ1) is 18.9. The number of aromatic nitrogens is 2. The van der Waals surface area contributed by atoms with Crippen molar-refractivity contribution in [3.05, 3.63) is 70.9 Å². The zero-order valence-corrected chi connectivity index (χ0v) is 25.4. The van der Waals surface area contributed by atoms with E-state index in [0.717, 1.165) is 53.3 Å². The lowest BCUT2D eigenvalue weighted by Crippen LogP contribution is -2.34. The predicted octanol–water partition coefficient (Wildman–Crippen LogP) is 7.39. The lowest BCUT2D eigenvalue weighted by Gasteiger charge is -2.23. The van der Waals surface area contributed by atoms with Crippen molar-refractivity contribution in [2.75, 3.05) is 13.1 Å². The van der Waals surface area contributed by atoms with Gasteiger partial charge in [0.25, 0.3) is 5.91 Å². The van der Waals surface area contributed by atoms with E-state index in [2.05, 4.69) is 16.9 Å². The number of imidazole rings is 1. The summed E-state index contributed by atoms with van der Waals surface area (Å²) in [4.78, 5) is 17.1. The number of halogens is 1. The van der Waals surface area contributed by atoms with Gasteiger partial charge in [-0.05, 0) is 51.9 Å². The number of nitrogens with one attached hydrogen (secondary N) is 1. The third-order valence-electron chi connectivity index (χ3n) is 5.80. The number of hydrogen-bond acceptors (Lipinski definition) is 6. The zero-order chi connectivity index (χ0) is 28.9. The Morgan fingerprint density at radius 1 is 1.26 bits per heavy atom. The van der Waals surface area contributed by atoms with E-state index in [1.54, 1.807) is 18.5 Å². The Hall–Kier alpha value is -3.07. The molecule has 3 N–H and O–H groups in total. The van der Waals surface area contributed by atoms with Crippen LogP contribution in [0.1, 0.15) is 64.1 Å². The van der Waals surface area contributed by atoms with Crippen LogP contribution in [0.25, 0.3) is 16.0 Å². The van der Waals surface area contributed by atoms with Crippen molar-refractivity contribution >= 4 is 39.9 Å². The van der Waals surface area contributed by atoms with Gasteiger partial charge in [-0.2, -0.15) is 0 Å². The van der Waals surface area contributed by atoms with E-state index in [4.69, 9.17) is 26.8 Å². The van der Waals surface area contributed by atoms with Crippen LogP contribution in [0.2, 0.25) is 0 Å². The Bertz CT molecular complexity index is 1290. The van der Waals surface area contributed by atoms with Crippen molar-refractivity contribution in [2.24, 2.45) is 5.73 Å². The average molecular weight is 573 g/mol. The summed E-state index contributed by atoms with van der Waals surface area (Å²) in [6.45, 7) is 17.4. The molecule has 1 aliphatic heterocycles. The number of allylic oxidation sites excluding steroid dienone is 3. The second kappa shape index (κ2) is 16.1. The van der Waals surface area contributed by atoms with E-state index >= 15 is 0 Å². The van der Waals surface area contributed by atoms with Gasteiger partial charge < -0.3 is 20.5 Å². The number of thiophene rings is 1. The van der Waals surface area contributed by atoms with E-state index in [9.17, 15) is 4.79 Å². The molecule has 2 aromatic heterocycles. The number of benzene rings is 1. The SMILES string of the molecule is C=C/C(Cl)=C(\C=C/C)C(C)Oc1cc(-n2cnc3ccc(OC4CCNCC4)cc32)sc1C(N)=O.CC.CC. The van der Waals surface area contributed by atoms with Crippen molar-refractivity contribution in [1.82, 2.24) is 14.9 Å². The molecule has 1 saturated heterocycles.